The highest BCUT2D eigenvalue weighted by Crippen LogP contribution is 2.43. The summed E-state index contributed by atoms with van der Waals surface area (Å²) in [5.41, 5.74) is 0. The van der Waals surface area contributed by atoms with Crippen LogP contribution in [0.5, 0.6) is 0 Å². The summed E-state index contributed by atoms with van der Waals surface area (Å²) < 4.78 is 5.34. The molecule has 1 saturated heterocycles. The average molecular weight is 301 g/mol. The molecule has 0 aliphatic carbocycles. The van der Waals surface area contributed by atoms with Gasteiger partial charge in [-0.15, -0.1) is 11.8 Å². The van der Waals surface area contributed by atoms with E-state index in [4.69, 9.17) is 4.52 Å². The normalized spacial score (nSPS) is 27.9. The molecule has 2 rings (SSSR count). The maximum atomic E-state index is 5.34. The molecule has 0 amide bonds. The molecule has 1 fully saturated rings. The first-order valence-electron chi connectivity index (χ1n) is 6.89. The Morgan fingerprint density at radius 2 is 2.16 bits per heavy atom. The Labute approximate surface area is 123 Å². The Balaban J connectivity index is 1.86. The van der Waals surface area contributed by atoms with E-state index in [2.05, 4.69) is 43.2 Å². The summed E-state index contributed by atoms with van der Waals surface area (Å²) in [6.07, 6.45) is 0.807. The lowest BCUT2D eigenvalue weighted by molar-refractivity contribution is 0.369. The summed E-state index contributed by atoms with van der Waals surface area (Å²) in [6.45, 7) is 9.73. The van der Waals surface area contributed by atoms with Crippen LogP contribution in [-0.2, 0) is 6.42 Å². The van der Waals surface area contributed by atoms with Gasteiger partial charge in [-0.3, -0.25) is 0 Å². The fourth-order valence-corrected chi connectivity index (χ4v) is 4.72. The molecule has 0 bridgehead atoms. The number of hydrogen-bond acceptors (Lipinski definition) is 6. The third kappa shape index (κ3) is 4.39. The molecule has 3 atom stereocenters. The molecule has 4 nitrogen and oxygen atoms in total. The first-order chi connectivity index (χ1) is 9.06. The summed E-state index contributed by atoms with van der Waals surface area (Å²) in [5, 5.41) is 9.25. The molecule has 1 aromatic rings. The second-order valence-electron chi connectivity index (χ2n) is 5.27. The minimum atomic E-state index is 0.381. The quantitative estimate of drug-likeness (QED) is 0.902. The lowest BCUT2D eigenvalue weighted by Crippen LogP contribution is -2.25. The van der Waals surface area contributed by atoms with Crippen LogP contribution in [0.1, 0.15) is 44.7 Å². The van der Waals surface area contributed by atoms with E-state index in [1.807, 2.05) is 23.5 Å². The summed E-state index contributed by atoms with van der Waals surface area (Å²) in [4.78, 5) is 4.54. The van der Waals surface area contributed by atoms with Crippen molar-refractivity contribution < 1.29 is 4.52 Å². The summed E-state index contributed by atoms with van der Waals surface area (Å²) >= 11 is 3.97. The molecule has 1 aliphatic rings. The van der Waals surface area contributed by atoms with E-state index >= 15 is 0 Å². The molecular formula is C13H23N3OS2. The fraction of sp³-hybridized carbons (Fsp3) is 0.846. The maximum Gasteiger partial charge on any atom is 0.227 e. The van der Waals surface area contributed by atoms with Crippen molar-refractivity contribution in [2.75, 3.05) is 12.3 Å². The van der Waals surface area contributed by atoms with Gasteiger partial charge < -0.3 is 9.84 Å². The number of aromatic nitrogens is 2. The molecule has 1 aromatic heterocycles. The Bertz CT molecular complexity index is 397. The minimum absolute atomic E-state index is 0.381. The van der Waals surface area contributed by atoms with Gasteiger partial charge in [0.25, 0.3) is 0 Å². The van der Waals surface area contributed by atoms with Crippen LogP contribution in [0.25, 0.3) is 0 Å². The molecule has 0 aromatic carbocycles. The van der Waals surface area contributed by atoms with Crippen LogP contribution in [0, 0.1) is 0 Å². The first-order valence-corrected chi connectivity index (χ1v) is 8.88. The molecule has 3 unspecified atom stereocenters. The molecule has 0 saturated carbocycles. The highest BCUT2D eigenvalue weighted by Gasteiger charge is 2.29. The largest absolute Gasteiger partial charge is 0.339 e. The zero-order chi connectivity index (χ0) is 13.8. The smallest absolute Gasteiger partial charge is 0.227 e. The zero-order valence-corrected chi connectivity index (χ0v) is 13.7. The monoisotopic (exact) mass is 301 g/mol. The van der Waals surface area contributed by atoms with Gasteiger partial charge in [0.05, 0.1) is 5.25 Å². The van der Waals surface area contributed by atoms with Crippen molar-refractivity contribution in [1.29, 1.82) is 0 Å². The molecule has 2 heterocycles. The van der Waals surface area contributed by atoms with Crippen molar-refractivity contribution >= 4 is 23.5 Å². The number of rotatable bonds is 5. The van der Waals surface area contributed by atoms with Gasteiger partial charge >= 0.3 is 0 Å². The first kappa shape index (κ1) is 15.2. The van der Waals surface area contributed by atoms with Crippen molar-refractivity contribution in [1.82, 2.24) is 15.5 Å². The van der Waals surface area contributed by atoms with Crippen LogP contribution in [0.3, 0.4) is 0 Å². The molecule has 19 heavy (non-hydrogen) atoms. The second kappa shape index (κ2) is 6.99. The second-order valence-corrected chi connectivity index (χ2v) is 8.27. The van der Waals surface area contributed by atoms with Crippen LogP contribution < -0.4 is 5.32 Å². The molecule has 1 N–H and O–H groups in total. The van der Waals surface area contributed by atoms with Crippen LogP contribution in [-0.4, -0.2) is 39.0 Å². The standard InChI is InChI=1S/C13H23N3OS2/c1-8(2)14-6-5-12-15-13(16-17-12)11-7-18-9(3)10(4)19-11/h8-11,14H,5-7H2,1-4H3. The molecule has 0 spiro atoms. The van der Waals surface area contributed by atoms with E-state index in [1.165, 1.54) is 0 Å². The minimum Gasteiger partial charge on any atom is -0.339 e. The third-order valence-corrected chi connectivity index (χ3v) is 6.60. The highest BCUT2D eigenvalue weighted by atomic mass is 32.2. The topological polar surface area (TPSA) is 51.0 Å². The van der Waals surface area contributed by atoms with Gasteiger partial charge in [-0.05, 0) is 0 Å². The molecular weight excluding hydrogens is 278 g/mol. The van der Waals surface area contributed by atoms with E-state index in [1.54, 1.807) is 0 Å². The van der Waals surface area contributed by atoms with Crippen molar-refractivity contribution in [3.05, 3.63) is 11.7 Å². The number of nitrogens with one attached hydrogen (secondary N) is 1. The van der Waals surface area contributed by atoms with Gasteiger partial charge in [0.1, 0.15) is 0 Å². The zero-order valence-electron chi connectivity index (χ0n) is 12.0. The predicted molar refractivity (Wildman–Crippen MR) is 82.9 cm³/mol. The third-order valence-electron chi connectivity index (χ3n) is 3.21. The van der Waals surface area contributed by atoms with Gasteiger partial charge in [0.2, 0.25) is 5.89 Å². The highest BCUT2D eigenvalue weighted by molar-refractivity contribution is 8.07. The number of thioether (sulfide) groups is 2. The van der Waals surface area contributed by atoms with Crippen LogP contribution in [0.4, 0.5) is 0 Å². The lowest BCUT2D eigenvalue weighted by atomic mass is 10.3. The Kier molecular flexibility index (Phi) is 5.59. The van der Waals surface area contributed by atoms with E-state index < -0.39 is 0 Å². The van der Waals surface area contributed by atoms with Crippen LogP contribution in [0.15, 0.2) is 4.52 Å². The molecule has 6 heteroatoms. The summed E-state index contributed by atoms with van der Waals surface area (Å²) in [6, 6.07) is 0.495. The molecule has 108 valence electrons. The van der Waals surface area contributed by atoms with Gasteiger partial charge in [-0.2, -0.15) is 16.7 Å². The lowest BCUT2D eigenvalue weighted by Gasteiger charge is -2.29. The maximum absolute atomic E-state index is 5.34. The number of nitrogens with zero attached hydrogens (tertiary/aromatic N) is 2. The van der Waals surface area contributed by atoms with Crippen molar-refractivity contribution in [2.45, 2.75) is 55.9 Å². The van der Waals surface area contributed by atoms with Gasteiger partial charge in [-0.25, -0.2) is 0 Å². The summed E-state index contributed by atoms with van der Waals surface area (Å²) in [7, 11) is 0. The Morgan fingerprint density at radius 3 is 2.84 bits per heavy atom. The Morgan fingerprint density at radius 1 is 1.37 bits per heavy atom. The van der Waals surface area contributed by atoms with Crippen molar-refractivity contribution in [3.8, 4) is 0 Å². The molecule has 0 radical (unpaired) electrons. The van der Waals surface area contributed by atoms with Crippen LogP contribution >= 0.6 is 23.5 Å². The van der Waals surface area contributed by atoms with Crippen molar-refractivity contribution in [2.24, 2.45) is 0 Å². The fourth-order valence-electron chi connectivity index (χ4n) is 1.89. The Hall–Kier alpha value is -0.200. The van der Waals surface area contributed by atoms with Crippen molar-refractivity contribution in [3.63, 3.8) is 0 Å². The number of hydrogen-bond donors (Lipinski definition) is 1. The SMILES string of the molecule is CC(C)NCCc1nc(C2CSC(C)C(C)S2)no1. The van der Waals surface area contributed by atoms with E-state index in [-0.39, 0.29) is 0 Å². The van der Waals surface area contributed by atoms with Gasteiger partial charge in [0.15, 0.2) is 5.82 Å². The summed E-state index contributed by atoms with van der Waals surface area (Å²) in [5.74, 6) is 2.70. The predicted octanol–water partition coefficient (Wildman–Crippen LogP) is 2.91. The van der Waals surface area contributed by atoms with E-state index in [0.29, 0.717) is 21.8 Å². The van der Waals surface area contributed by atoms with E-state index in [0.717, 1.165) is 30.4 Å². The van der Waals surface area contributed by atoms with Gasteiger partial charge in [-0.1, -0.05) is 32.9 Å². The van der Waals surface area contributed by atoms with Crippen LogP contribution in [0.2, 0.25) is 0 Å². The molecule has 1 aliphatic heterocycles. The van der Waals surface area contributed by atoms with E-state index in [9.17, 15) is 0 Å². The van der Waals surface area contributed by atoms with Gasteiger partial charge in [0, 0.05) is 35.3 Å². The average Bonchev–Trinajstić information content (AvgIpc) is 2.81.